The summed E-state index contributed by atoms with van der Waals surface area (Å²) in [5.41, 5.74) is 0.513. The van der Waals surface area contributed by atoms with Gasteiger partial charge in [-0.05, 0) is 59.7 Å². The van der Waals surface area contributed by atoms with Crippen LogP contribution in [0.1, 0.15) is 11.1 Å². The first-order chi connectivity index (χ1) is 17.3. The maximum atomic E-state index is 14.1. The number of ether oxygens (including phenoxy) is 2. The summed E-state index contributed by atoms with van der Waals surface area (Å²) in [5, 5.41) is 4.35. The van der Waals surface area contributed by atoms with E-state index in [4.69, 9.17) is 32.7 Å². The molecule has 3 aromatic rings. The van der Waals surface area contributed by atoms with Gasteiger partial charge < -0.3 is 9.47 Å². The Morgan fingerprint density at radius 2 is 1.36 bits per heavy atom. The molecule has 9 heteroatoms. The number of hydrogen-bond acceptors (Lipinski definition) is 6. The number of imide groups is 1. The Bertz CT molecular complexity index is 1280. The van der Waals surface area contributed by atoms with E-state index in [1.54, 1.807) is 72.8 Å². The van der Waals surface area contributed by atoms with E-state index in [9.17, 15) is 14.4 Å². The van der Waals surface area contributed by atoms with Crippen molar-refractivity contribution in [3.63, 3.8) is 0 Å². The number of benzene rings is 3. The normalized spacial score (nSPS) is 22.4. The predicted octanol–water partition coefficient (Wildman–Crippen LogP) is 4.20. The number of nitrogens with zero attached hydrogens (tertiary/aromatic N) is 1. The van der Waals surface area contributed by atoms with E-state index in [0.29, 0.717) is 32.6 Å². The number of halogens is 2. The summed E-state index contributed by atoms with van der Waals surface area (Å²) < 4.78 is 10.3. The molecule has 36 heavy (non-hydrogen) atoms. The minimum absolute atomic E-state index is 0.393. The fourth-order valence-electron chi connectivity index (χ4n) is 5.34. The number of rotatable bonds is 5. The lowest BCUT2D eigenvalue weighted by Crippen LogP contribution is -2.51. The third kappa shape index (κ3) is 3.66. The van der Waals surface area contributed by atoms with Crippen LogP contribution in [0, 0.1) is 11.8 Å². The molecule has 0 saturated carbocycles. The van der Waals surface area contributed by atoms with Gasteiger partial charge in [0, 0.05) is 10.0 Å². The summed E-state index contributed by atoms with van der Waals surface area (Å²) >= 11 is 12.3. The van der Waals surface area contributed by atoms with E-state index in [2.05, 4.69) is 5.32 Å². The molecule has 3 aromatic carbocycles. The van der Waals surface area contributed by atoms with Crippen LogP contribution in [-0.4, -0.2) is 38.0 Å². The van der Waals surface area contributed by atoms with Gasteiger partial charge >= 0.3 is 5.97 Å². The third-order valence-electron chi connectivity index (χ3n) is 6.94. The number of carbonyl (C=O) groups is 3. The van der Waals surface area contributed by atoms with Gasteiger partial charge in [-0.1, -0.05) is 47.5 Å². The molecule has 0 bridgehead atoms. The van der Waals surface area contributed by atoms with Crippen molar-refractivity contribution < 1.29 is 23.9 Å². The Hall–Kier alpha value is -3.39. The molecule has 2 amide bonds. The van der Waals surface area contributed by atoms with E-state index < -0.39 is 41.2 Å². The minimum Gasteiger partial charge on any atom is -0.497 e. The molecule has 1 N–H and O–H groups in total. The van der Waals surface area contributed by atoms with Crippen molar-refractivity contribution in [1.82, 2.24) is 5.32 Å². The zero-order chi connectivity index (χ0) is 25.6. The fraction of sp³-hybridized carbons (Fsp3) is 0.222. The monoisotopic (exact) mass is 524 g/mol. The molecule has 5 rings (SSSR count). The standard InChI is InChI=1S/C27H22Cl2N2O5/c1-35-20-13-11-19(12-14-20)31-24(32)21-22(25(31)33)27(30-23(21)26(34)36-2,15-3-7-17(28)8-4-15)16-5-9-18(29)10-6-16/h3-14,21-23,30H,1-2H3/t21-,22+,23+/m0/s1. The van der Waals surface area contributed by atoms with Crippen LogP contribution in [-0.2, 0) is 24.7 Å². The van der Waals surface area contributed by atoms with Crippen LogP contribution < -0.4 is 15.0 Å². The van der Waals surface area contributed by atoms with Gasteiger partial charge in [-0.3, -0.25) is 19.7 Å². The smallest absolute Gasteiger partial charge is 0.323 e. The zero-order valence-electron chi connectivity index (χ0n) is 19.4. The van der Waals surface area contributed by atoms with Gasteiger partial charge in [0.15, 0.2) is 0 Å². The lowest BCUT2D eigenvalue weighted by molar-refractivity contribution is -0.145. The summed E-state index contributed by atoms with van der Waals surface area (Å²) in [7, 11) is 2.79. The van der Waals surface area contributed by atoms with Gasteiger partial charge in [-0.2, -0.15) is 0 Å². The highest BCUT2D eigenvalue weighted by Gasteiger charge is 2.68. The maximum absolute atomic E-state index is 14.1. The summed E-state index contributed by atoms with van der Waals surface area (Å²) in [6.45, 7) is 0. The number of esters is 1. The van der Waals surface area contributed by atoms with E-state index in [1.807, 2.05) is 0 Å². The van der Waals surface area contributed by atoms with Gasteiger partial charge in [-0.15, -0.1) is 0 Å². The van der Waals surface area contributed by atoms with Crippen molar-refractivity contribution in [2.24, 2.45) is 11.8 Å². The molecule has 7 nitrogen and oxygen atoms in total. The lowest BCUT2D eigenvalue weighted by Gasteiger charge is -2.36. The molecule has 2 aliphatic heterocycles. The first-order valence-corrected chi connectivity index (χ1v) is 12.0. The molecule has 3 atom stereocenters. The van der Waals surface area contributed by atoms with Gasteiger partial charge in [0.1, 0.15) is 11.8 Å². The summed E-state index contributed by atoms with van der Waals surface area (Å²) in [6.07, 6.45) is 0. The van der Waals surface area contributed by atoms with E-state index in [-0.39, 0.29) is 0 Å². The third-order valence-corrected chi connectivity index (χ3v) is 7.45. The van der Waals surface area contributed by atoms with Crippen LogP contribution in [0.15, 0.2) is 72.8 Å². The quantitative estimate of drug-likeness (QED) is 0.397. The highest BCUT2D eigenvalue weighted by Crippen LogP contribution is 2.52. The highest BCUT2D eigenvalue weighted by atomic mass is 35.5. The van der Waals surface area contributed by atoms with Crippen LogP contribution in [0.2, 0.25) is 10.0 Å². The Labute approximate surface area is 217 Å². The van der Waals surface area contributed by atoms with Gasteiger partial charge in [0.25, 0.3) is 0 Å². The van der Waals surface area contributed by atoms with Crippen LogP contribution >= 0.6 is 23.2 Å². The number of hydrogen-bond donors (Lipinski definition) is 1. The second-order valence-corrected chi connectivity index (χ2v) is 9.55. The Morgan fingerprint density at radius 1 is 0.833 bits per heavy atom. The van der Waals surface area contributed by atoms with E-state index >= 15 is 0 Å². The average Bonchev–Trinajstić information content (AvgIpc) is 3.39. The maximum Gasteiger partial charge on any atom is 0.323 e. The number of carbonyl (C=O) groups excluding carboxylic acids is 3. The highest BCUT2D eigenvalue weighted by molar-refractivity contribution is 6.31. The molecule has 0 spiro atoms. The molecule has 2 heterocycles. The van der Waals surface area contributed by atoms with Gasteiger partial charge in [0.2, 0.25) is 11.8 Å². The first-order valence-electron chi connectivity index (χ1n) is 11.2. The average molecular weight is 525 g/mol. The topological polar surface area (TPSA) is 84.9 Å². The number of methoxy groups -OCH3 is 2. The van der Waals surface area contributed by atoms with Crippen LogP contribution in [0.3, 0.4) is 0 Å². The molecular formula is C27H22Cl2N2O5. The first kappa shape index (κ1) is 24.3. The van der Waals surface area contributed by atoms with Crippen molar-refractivity contribution >= 4 is 46.7 Å². The lowest BCUT2D eigenvalue weighted by atomic mass is 9.72. The van der Waals surface area contributed by atoms with Crippen molar-refractivity contribution in [3.05, 3.63) is 94.0 Å². The number of fused-ring (bicyclic) bond motifs is 1. The molecule has 2 saturated heterocycles. The molecule has 0 aromatic heterocycles. The van der Waals surface area contributed by atoms with Crippen molar-refractivity contribution in [2.75, 3.05) is 19.1 Å². The molecule has 2 aliphatic rings. The molecule has 0 radical (unpaired) electrons. The van der Waals surface area contributed by atoms with Crippen LogP contribution in [0.5, 0.6) is 5.75 Å². The number of nitrogens with one attached hydrogen (secondary N) is 1. The van der Waals surface area contributed by atoms with Gasteiger partial charge in [-0.25, -0.2) is 4.90 Å². The van der Waals surface area contributed by atoms with E-state index in [0.717, 1.165) is 4.90 Å². The SMILES string of the molecule is COC(=O)[C@@H]1NC(c2ccc(Cl)cc2)(c2ccc(Cl)cc2)[C@H]2C(=O)N(c3ccc(OC)cc3)C(=O)[C@H]12. The second-order valence-electron chi connectivity index (χ2n) is 8.68. The summed E-state index contributed by atoms with van der Waals surface area (Å²) in [5.74, 6) is -2.91. The Morgan fingerprint density at radius 3 is 1.83 bits per heavy atom. The molecule has 2 fully saturated rings. The number of anilines is 1. The Balaban J connectivity index is 1.73. The van der Waals surface area contributed by atoms with Gasteiger partial charge in [0.05, 0.1) is 37.3 Å². The summed E-state index contributed by atoms with van der Waals surface area (Å²) in [6, 6.07) is 19.5. The number of amides is 2. The molecular weight excluding hydrogens is 503 g/mol. The molecule has 0 aliphatic carbocycles. The fourth-order valence-corrected chi connectivity index (χ4v) is 5.60. The summed E-state index contributed by atoms with van der Waals surface area (Å²) in [4.78, 5) is 42.1. The van der Waals surface area contributed by atoms with Crippen molar-refractivity contribution in [1.29, 1.82) is 0 Å². The molecule has 0 unspecified atom stereocenters. The second kappa shape index (κ2) is 9.24. The Kier molecular flexibility index (Phi) is 6.24. The molecule has 184 valence electrons. The van der Waals surface area contributed by atoms with Crippen molar-refractivity contribution in [3.8, 4) is 5.75 Å². The van der Waals surface area contributed by atoms with Crippen LogP contribution in [0.25, 0.3) is 0 Å². The zero-order valence-corrected chi connectivity index (χ0v) is 20.9. The minimum atomic E-state index is -1.23. The predicted molar refractivity (Wildman–Crippen MR) is 135 cm³/mol. The van der Waals surface area contributed by atoms with E-state index in [1.165, 1.54) is 14.2 Å². The largest absolute Gasteiger partial charge is 0.497 e. The van der Waals surface area contributed by atoms with Crippen LogP contribution in [0.4, 0.5) is 5.69 Å². The van der Waals surface area contributed by atoms with Crippen molar-refractivity contribution in [2.45, 2.75) is 11.6 Å².